The highest BCUT2D eigenvalue weighted by Gasteiger charge is 2.20. The van der Waals surface area contributed by atoms with Crippen molar-refractivity contribution in [3.8, 4) is 5.75 Å². The van der Waals surface area contributed by atoms with Gasteiger partial charge >= 0.3 is 0 Å². The van der Waals surface area contributed by atoms with Crippen molar-refractivity contribution in [3.05, 3.63) is 23.5 Å². The molecule has 0 radical (unpaired) electrons. The first-order valence-corrected chi connectivity index (χ1v) is 6.62. The highest BCUT2D eigenvalue weighted by molar-refractivity contribution is 5.33. The Hall–Kier alpha value is -1.09. The Balaban J connectivity index is 2.01. The molecule has 17 heavy (non-hydrogen) atoms. The van der Waals surface area contributed by atoms with Gasteiger partial charge in [-0.1, -0.05) is 6.92 Å². The summed E-state index contributed by atoms with van der Waals surface area (Å²) in [6, 6.07) is 2.06. The summed E-state index contributed by atoms with van der Waals surface area (Å²) in [6.07, 6.45) is 7.22. The molecule has 0 aromatic carbocycles. The summed E-state index contributed by atoms with van der Waals surface area (Å²) in [5.41, 5.74) is 2.20. The minimum Gasteiger partial charge on any atom is -0.490 e. The summed E-state index contributed by atoms with van der Waals surface area (Å²) in [5.74, 6) is 1.02. The highest BCUT2D eigenvalue weighted by Crippen LogP contribution is 2.27. The van der Waals surface area contributed by atoms with E-state index in [1.807, 2.05) is 13.1 Å². The maximum absolute atomic E-state index is 6.01. The molecule has 1 fully saturated rings. The van der Waals surface area contributed by atoms with Crippen LogP contribution in [0.2, 0.25) is 0 Å². The fraction of sp³-hybridized carbons (Fsp3) is 0.643. The highest BCUT2D eigenvalue weighted by atomic mass is 16.5. The second kappa shape index (κ2) is 6.01. The molecule has 0 amide bonds. The van der Waals surface area contributed by atoms with E-state index in [0.29, 0.717) is 6.10 Å². The van der Waals surface area contributed by atoms with Gasteiger partial charge < -0.3 is 10.1 Å². The van der Waals surface area contributed by atoms with Crippen molar-refractivity contribution in [2.75, 3.05) is 6.54 Å². The van der Waals surface area contributed by atoms with Gasteiger partial charge in [0.1, 0.15) is 5.75 Å². The predicted molar refractivity (Wildman–Crippen MR) is 69.2 cm³/mol. The topological polar surface area (TPSA) is 34.2 Å². The molecule has 1 aliphatic carbocycles. The average molecular weight is 234 g/mol. The van der Waals surface area contributed by atoms with E-state index in [9.17, 15) is 0 Å². The van der Waals surface area contributed by atoms with Gasteiger partial charge in [-0.2, -0.15) is 0 Å². The molecule has 94 valence electrons. The molecule has 0 aliphatic heterocycles. The average Bonchev–Trinajstić information content (AvgIpc) is 2.26. The summed E-state index contributed by atoms with van der Waals surface area (Å²) in [5, 5.41) is 3.40. The molecule has 1 heterocycles. The van der Waals surface area contributed by atoms with Gasteiger partial charge in [-0.15, -0.1) is 0 Å². The maximum atomic E-state index is 6.01. The van der Waals surface area contributed by atoms with Crippen molar-refractivity contribution >= 4 is 0 Å². The number of nitrogens with one attached hydrogen (secondary N) is 1. The van der Waals surface area contributed by atoms with Gasteiger partial charge in [-0.3, -0.25) is 4.98 Å². The molecule has 0 atom stereocenters. The van der Waals surface area contributed by atoms with Crippen LogP contribution in [-0.2, 0) is 6.54 Å². The molecule has 1 aliphatic rings. The van der Waals surface area contributed by atoms with Gasteiger partial charge in [0, 0.05) is 30.1 Å². The second-order valence-electron chi connectivity index (χ2n) is 4.78. The van der Waals surface area contributed by atoms with E-state index in [1.165, 1.54) is 24.8 Å². The number of hydrogen-bond acceptors (Lipinski definition) is 3. The monoisotopic (exact) mass is 234 g/mol. The van der Waals surface area contributed by atoms with Crippen molar-refractivity contribution in [2.45, 2.75) is 52.2 Å². The fourth-order valence-corrected chi connectivity index (χ4v) is 1.87. The number of aryl methyl sites for hydroxylation is 1. The molecular formula is C14H22N2O. The second-order valence-corrected chi connectivity index (χ2v) is 4.78. The lowest BCUT2D eigenvalue weighted by Gasteiger charge is -2.27. The third-order valence-electron chi connectivity index (χ3n) is 3.17. The Bertz CT molecular complexity index is 361. The predicted octanol–water partition coefficient (Wildman–Crippen LogP) is 2.82. The van der Waals surface area contributed by atoms with Crippen LogP contribution in [0.15, 0.2) is 12.3 Å². The SMILES string of the molecule is CCCNCc1cnc(C)cc1OC1CCC1. The first kappa shape index (κ1) is 12.4. The van der Waals surface area contributed by atoms with Crippen molar-refractivity contribution in [1.82, 2.24) is 10.3 Å². The Morgan fingerprint density at radius 1 is 1.47 bits per heavy atom. The van der Waals surface area contributed by atoms with E-state index in [0.717, 1.165) is 31.0 Å². The van der Waals surface area contributed by atoms with E-state index in [4.69, 9.17) is 4.74 Å². The van der Waals surface area contributed by atoms with Gasteiger partial charge in [0.05, 0.1) is 6.10 Å². The van der Waals surface area contributed by atoms with E-state index in [2.05, 4.69) is 23.3 Å². The van der Waals surface area contributed by atoms with Crippen molar-refractivity contribution < 1.29 is 4.74 Å². The largest absolute Gasteiger partial charge is 0.490 e. The van der Waals surface area contributed by atoms with Crippen molar-refractivity contribution in [2.24, 2.45) is 0 Å². The molecule has 1 aromatic heterocycles. The third kappa shape index (κ3) is 3.43. The minimum absolute atomic E-state index is 0.432. The van der Waals surface area contributed by atoms with Crippen LogP contribution in [0.1, 0.15) is 43.9 Å². The standard InChI is InChI=1S/C14H22N2O/c1-3-7-15-9-12-10-16-11(2)8-14(12)17-13-5-4-6-13/h8,10,13,15H,3-7,9H2,1-2H3. The Morgan fingerprint density at radius 2 is 2.29 bits per heavy atom. The quantitative estimate of drug-likeness (QED) is 0.769. The summed E-state index contributed by atoms with van der Waals surface area (Å²) < 4.78 is 6.01. The number of rotatable bonds is 6. The maximum Gasteiger partial charge on any atom is 0.127 e. The van der Waals surface area contributed by atoms with E-state index >= 15 is 0 Å². The first-order chi connectivity index (χ1) is 8.29. The molecular weight excluding hydrogens is 212 g/mol. The van der Waals surface area contributed by atoms with Crippen LogP contribution in [0.5, 0.6) is 5.75 Å². The van der Waals surface area contributed by atoms with E-state index in [1.54, 1.807) is 0 Å². The lowest BCUT2D eigenvalue weighted by molar-refractivity contribution is 0.118. The molecule has 1 saturated carbocycles. The van der Waals surface area contributed by atoms with Gasteiger partial charge in [0.2, 0.25) is 0 Å². The zero-order chi connectivity index (χ0) is 12.1. The summed E-state index contributed by atoms with van der Waals surface area (Å²) in [4.78, 5) is 4.35. The normalized spacial score (nSPS) is 15.6. The van der Waals surface area contributed by atoms with Crippen LogP contribution < -0.4 is 10.1 Å². The lowest BCUT2D eigenvalue weighted by Crippen LogP contribution is -2.25. The van der Waals surface area contributed by atoms with Crippen LogP contribution in [0, 0.1) is 6.92 Å². The summed E-state index contributed by atoms with van der Waals surface area (Å²) >= 11 is 0. The Kier molecular flexibility index (Phi) is 4.37. The van der Waals surface area contributed by atoms with Gasteiger partial charge in [-0.25, -0.2) is 0 Å². The lowest BCUT2D eigenvalue weighted by atomic mass is 9.96. The number of hydrogen-bond donors (Lipinski definition) is 1. The van der Waals surface area contributed by atoms with Crippen LogP contribution in [0.25, 0.3) is 0 Å². The minimum atomic E-state index is 0.432. The zero-order valence-electron chi connectivity index (χ0n) is 10.8. The van der Waals surface area contributed by atoms with Crippen LogP contribution in [-0.4, -0.2) is 17.6 Å². The van der Waals surface area contributed by atoms with Crippen molar-refractivity contribution in [3.63, 3.8) is 0 Å². The number of aromatic nitrogens is 1. The molecule has 3 nitrogen and oxygen atoms in total. The van der Waals surface area contributed by atoms with Crippen LogP contribution in [0.4, 0.5) is 0 Å². The molecule has 1 aromatic rings. The number of pyridine rings is 1. The van der Waals surface area contributed by atoms with Crippen LogP contribution in [0.3, 0.4) is 0 Å². The Labute approximate surface area is 104 Å². The van der Waals surface area contributed by atoms with Crippen LogP contribution >= 0.6 is 0 Å². The number of ether oxygens (including phenoxy) is 1. The molecule has 1 N–H and O–H groups in total. The van der Waals surface area contributed by atoms with E-state index < -0.39 is 0 Å². The first-order valence-electron chi connectivity index (χ1n) is 6.62. The molecule has 0 unspecified atom stereocenters. The zero-order valence-corrected chi connectivity index (χ0v) is 10.8. The smallest absolute Gasteiger partial charge is 0.127 e. The molecule has 2 rings (SSSR count). The van der Waals surface area contributed by atoms with Gasteiger partial charge in [0.15, 0.2) is 0 Å². The van der Waals surface area contributed by atoms with Gasteiger partial charge in [-0.05, 0) is 39.2 Å². The van der Waals surface area contributed by atoms with Crippen molar-refractivity contribution in [1.29, 1.82) is 0 Å². The third-order valence-corrected chi connectivity index (χ3v) is 3.17. The molecule has 3 heteroatoms. The fourth-order valence-electron chi connectivity index (χ4n) is 1.87. The molecule has 0 saturated heterocycles. The summed E-state index contributed by atoms with van der Waals surface area (Å²) in [7, 11) is 0. The number of nitrogens with zero attached hydrogens (tertiary/aromatic N) is 1. The van der Waals surface area contributed by atoms with Gasteiger partial charge in [0.25, 0.3) is 0 Å². The van der Waals surface area contributed by atoms with E-state index in [-0.39, 0.29) is 0 Å². The molecule has 0 bridgehead atoms. The summed E-state index contributed by atoms with van der Waals surface area (Å²) in [6.45, 7) is 6.07. The molecule has 0 spiro atoms. The Morgan fingerprint density at radius 3 is 2.94 bits per heavy atom.